The van der Waals surface area contributed by atoms with Gasteiger partial charge in [-0.3, -0.25) is 4.90 Å². The van der Waals surface area contributed by atoms with Crippen molar-refractivity contribution in [3.63, 3.8) is 0 Å². The van der Waals surface area contributed by atoms with Crippen molar-refractivity contribution in [3.8, 4) is 0 Å². The molecular formula is C22H29N3. The topological polar surface area (TPSA) is 27.3 Å². The highest BCUT2D eigenvalue weighted by Crippen LogP contribution is 2.33. The number of nitrogens with one attached hydrogen (secondary N) is 2. The van der Waals surface area contributed by atoms with Gasteiger partial charge in [0.2, 0.25) is 0 Å². The van der Waals surface area contributed by atoms with Gasteiger partial charge in [0.15, 0.2) is 0 Å². The van der Waals surface area contributed by atoms with E-state index in [4.69, 9.17) is 0 Å². The predicted molar refractivity (Wildman–Crippen MR) is 104 cm³/mol. The summed E-state index contributed by atoms with van der Waals surface area (Å²) >= 11 is 0. The fourth-order valence-corrected chi connectivity index (χ4v) is 4.41. The summed E-state index contributed by atoms with van der Waals surface area (Å²) in [6.07, 6.45) is 0. The molecule has 2 atom stereocenters. The highest BCUT2D eigenvalue weighted by molar-refractivity contribution is 5.37. The Kier molecular flexibility index (Phi) is 4.89. The molecule has 132 valence electrons. The van der Waals surface area contributed by atoms with E-state index in [1.165, 1.54) is 22.3 Å². The third-order valence-electron chi connectivity index (χ3n) is 5.81. The van der Waals surface area contributed by atoms with E-state index in [2.05, 4.69) is 77.9 Å². The molecule has 2 aromatic rings. The first-order valence-corrected chi connectivity index (χ1v) is 9.53. The quantitative estimate of drug-likeness (QED) is 0.903. The lowest BCUT2D eigenvalue weighted by Crippen LogP contribution is -2.65. The molecule has 2 N–H and O–H groups in total. The zero-order valence-corrected chi connectivity index (χ0v) is 15.3. The molecule has 4 rings (SSSR count). The maximum Gasteiger partial charge on any atom is 0.0349 e. The van der Waals surface area contributed by atoms with Crippen LogP contribution in [0.25, 0.3) is 0 Å². The third kappa shape index (κ3) is 3.50. The van der Waals surface area contributed by atoms with Crippen LogP contribution < -0.4 is 10.6 Å². The Morgan fingerprint density at radius 2 is 1.36 bits per heavy atom. The van der Waals surface area contributed by atoms with Crippen LogP contribution in [0.5, 0.6) is 0 Å². The second-order valence-electron chi connectivity index (χ2n) is 7.62. The second kappa shape index (κ2) is 7.28. The van der Waals surface area contributed by atoms with E-state index in [0.29, 0.717) is 18.0 Å². The molecule has 3 nitrogen and oxygen atoms in total. The number of aryl methyl sites for hydroxylation is 2. The van der Waals surface area contributed by atoms with E-state index in [-0.39, 0.29) is 0 Å². The van der Waals surface area contributed by atoms with Crippen molar-refractivity contribution in [2.45, 2.75) is 31.8 Å². The molecule has 25 heavy (non-hydrogen) atoms. The smallest absolute Gasteiger partial charge is 0.0349 e. The Balaban J connectivity index is 1.73. The van der Waals surface area contributed by atoms with E-state index < -0.39 is 0 Å². The number of nitrogens with zero attached hydrogens (tertiary/aromatic N) is 1. The molecule has 0 unspecified atom stereocenters. The zero-order valence-electron chi connectivity index (χ0n) is 15.3. The van der Waals surface area contributed by atoms with Crippen molar-refractivity contribution in [2.75, 3.05) is 32.7 Å². The Hall–Kier alpha value is -1.68. The number of rotatable bonds is 3. The van der Waals surface area contributed by atoms with Crippen molar-refractivity contribution in [2.24, 2.45) is 0 Å². The monoisotopic (exact) mass is 335 g/mol. The van der Waals surface area contributed by atoms with Gasteiger partial charge in [-0.25, -0.2) is 0 Å². The minimum absolute atomic E-state index is 0.412. The number of hydrogen-bond donors (Lipinski definition) is 2. The molecule has 0 aromatic heterocycles. The molecule has 0 saturated carbocycles. The van der Waals surface area contributed by atoms with Gasteiger partial charge in [-0.1, -0.05) is 59.7 Å². The molecule has 2 aromatic carbocycles. The summed E-state index contributed by atoms with van der Waals surface area (Å²) in [5, 5.41) is 7.25. The Labute approximate surface area is 151 Å². The summed E-state index contributed by atoms with van der Waals surface area (Å²) in [5.41, 5.74) is 5.52. The van der Waals surface area contributed by atoms with Crippen LogP contribution in [-0.2, 0) is 0 Å². The molecule has 2 aliphatic rings. The first-order chi connectivity index (χ1) is 12.2. The Morgan fingerprint density at radius 1 is 0.800 bits per heavy atom. The van der Waals surface area contributed by atoms with E-state index in [1.807, 2.05) is 0 Å². The lowest BCUT2D eigenvalue weighted by Gasteiger charge is -2.48. The summed E-state index contributed by atoms with van der Waals surface area (Å²) in [6.45, 7) is 9.82. The van der Waals surface area contributed by atoms with Crippen molar-refractivity contribution in [1.29, 1.82) is 0 Å². The zero-order chi connectivity index (χ0) is 17.2. The maximum absolute atomic E-state index is 3.70. The van der Waals surface area contributed by atoms with Crippen molar-refractivity contribution in [1.82, 2.24) is 15.5 Å². The second-order valence-corrected chi connectivity index (χ2v) is 7.62. The van der Waals surface area contributed by atoms with E-state index in [1.54, 1.807) is 0 Å². The van der Waals surface area contributed by atoms with Crippen LogP contribution in [0.1, 0.15) is 28.2 Å². The highest BCUT2D eigenvalue weighted by atomic mass is 15.3. The van der Waals surface area contributed by atoms with Crippen LogP contribution in [-0.4, -0.2) is 49.7 Å². The molecule has 2 fully saturated rings. The van der Waals surface area contributed by atoms with Gasteiger partial charge in [-0.05, 0) is 25.0 Å². The number of hydrogen-bond acceptors (Lipinski definition) is 3. The van der Waals surface area contributed by atoms with E-state index in [9.17, 15) is 0 Å². The number of piperazine rings is 2. The first-order valence-electron chi connectivity index (χ1n) is 9.53. The average molecular weight is 335 g/mol. The lowest BCUT2D eigenvalue weighted by molar-refractivity contribution is 0.0662. The van der Waals surface area contributed by atoms with Crippen molar-refractivity contribution in [3.05, 3.63) is 70.8 Å². The minimum atomic E-state index is 0.412. The molecule has 0 aliphatic carbocycles. The third-order valence-corrected chi connectivity index (χ3v) is 5.81. The van der Waals surface area contributed by atoms with Gasteiger partial charge in [0.1, 0.15) is 0 Å². The van der Waals surface area contributed by atoms with Crippen LogP contribution >= 0.6 is 0 Å². The molecule has 0 radical (unpaired) electrons. The molecule has 2 saturated heterocycles. The molecule has 2 aliphatic heterocycles. The highest BCUT2D eigenvalue weighted by Gasteiger charge is 2.37. The molecule has 0 spiro atoms. The fraction of sp³-hybridized carbons (Fsp3) is 0.455. The summed E-state index contributed by atoms with van der Waals surface area (Å²) in [7, 11) is 0. The summed E-state index contributed by atoms with van der Waals surface area (Å²) < 4.78 is 0. The van der Waals surface area contributed by atoms with Crippen LogP contribution in [0, 0.1) is 13.8 Å². The molecule has 3 heteroatoms. The SMILES string of the molecule is Cc1ccc(C(c2ccc(C)cc2)[C@@H]2CNC[C@H]3CNCCN32)cc1. The van der Waals surface area contributed by atoms with E-state index in [0.717, 1.165) is 32.7 Å². The van der Waals surface area contributed by atoms with Gasteiger partial charge in [-0.2, -0.15) is 0 Å². The number of fused-ring (bicyclic) bond motifs is 1. The van der Waals surface area contributed by atoms with Gasteiger partial charge in [0.05, 0.1) is 0 Å². The Morgan fingerprint density at radius 3 is 1.96 bits per heavy atom. The standard InChI is InChI=1S/C22H29N3/c1-16-3-7-18(8-4-16)22(19-9-5-17(2)6-10-19)21-15-24-14-20-13-23-11-12-25(20)21/h3-10,20-24H,11-15H2,1-2H3/t20-,21+/m1/s1. The molecule has 0 bridgehead atoms. The molecular weight excluding hydrogens is 306 g/mol. The van der Waals surface area contributed by atoms with Crippen LogP contribution in [0.15, 0.2) is 48.5 Å². The van der Waals surface area contributed by atoms with Gasteiger partial charge < -0.3 is 10.6 Å². The summed E-state index contributed by atoms with van der Waals surface area (Å²) in [5.74, 6) is 0.412. The van der Waals surface area contributed by atoms with Gasteiger partial charge >= 0.3 is 0 Å². The largest absolute Gasteiger partial charge is 0.314 e. The van der Waals surface area contributed by atoms with Crippen LogP contribution in [0.2, 0.25) is 0 Å². The first kappa shape index (κ1) is 16.8. The Bertz CT molecular complexity index is 645. The van der Waals surface area contributed by atoms with E-state index >= 15 is 0 Å². The molecule has 0 amide bonds. The maximum atomic E-state index is 3.70. The number of benzene rings is 2. The lowest BCUT2D eigenvalue weighted by atomic mass is 9.82. The molecule has 2 heterocycles. The van der Waals surface area contributed by atoms with Gasteiger partial charge in [0.25, 0.3) is 0 Å². The van der Waals surface area contributed by atoms with Crippen LogP contribution in [0.4, 0.5) is 0 Å². The average Bonchev–Trinajstić information content (AvgIpc) is 2.65. The van der Waals surface area contributed by atoms with Crippen molar-refractivity contribution < 1.29 is 0 Å². The summed E-state index contributed by atoms with van der Waals surface area (Å²) in [4.78, 5) is 2.75. The van der Waals surface area contributed by atoms with Gasteiger partial charge in [0, 0.05) is 50.7 Å². The summed E-state index contributed by atoms with van der Waals surface area (Å²) in [6, 6.07) is 19.4. The van der Waals surface area contributed by atoms with Crippen molar-refractivity contribution >= 4 is 0 Å². The minimum Gasteiger partial charge on any atom is -0.314 e. The van der Waals surface area contributed by atoms with Crippen LogP contribution in [0.3, 0.4) is 0 Å². The normalized spacial score (nSPS) is 24.3. The van der Waals surface area contributed by atoms with Gasteiger partial charge in [-0.15, -0.1) is 0 Å². The fourth-order valence-electron chi connectivity index (χ4n) is 4.41. The predicted octanol–water partition coefficient (Wildman–Crippen LogP) is 2.68.